The van der Waals surface area contributed by atoms with Crippen molar-refractivity contribution in [2.24, 2.45) is 0 Å². The van der Waals surface area contributed by atoms with Gasteiger partial charge in [-0.05, 0) is 35.2 Å². The van der Waals surface area contributed by atoms with Crippen LogP contribution < -0.4 is 4.74 Å². The topological polar surface area (TPSA) is 94.5 Å². The van der Waals surface area contributed by atoms with Crippen molar-refractivity contribution >= 4 is 23.2 Å². The molecule has 9 heteroatoms. The summed E-state index contributed by atoms with van der Waals surface area (Å²) in [6, 6.07) is 18.8. The number of imide groups is 1. The first-order valence-corrected chi connectivity index (χ1v) is 12.8. The van der Waals surface area contributed by atoms with Crippen LogP contribution >= 0.6 is 11.3 Å². The van der Waals surface area contributed by atoms with Gasteiger partial charge in [0.2, 0.25) is 6.29 Å². The van der Waals surface area contributed by atoms with Gasteiger partial charge in [-0.1, -0.05) is 48.5 Å². The van der Waals surface area contributed by atoms with Crippen molar-refractivity contribution in [1.29, 1.82) is 0 Å². The number of ether oxygens (including phenoxy) is 4. The highest BCUT2D eigenvalue weighted by molar-refractivity contribution is 7.11. The molecule has 0 spiro atoms. The number of fused-ring (bicyclic) bond motifs is 1. The SMILES string of the molecule is C=CCO[C@H]1[C@H](O)[C@@H](COCc2ccccc2)O[C@@H](Oc2cccs2)[C@@H]1N1C(=O)c2ccccc2C1=O. The van der Waals surface area contributed by atoms with Gasteiger partial charge in [-0.3, -0.25) is 14.5 Å². The molecule has 0 saturated carbocycles. The average Bonchev–Trinajstić information content (AvgIpc) is 3.52. The van der Waals surface area contributed by atoms with Crippen molar-refractivity contribution in [1.82, 2.24) is 4.90 Å². The number of amides is 2. The van der Waals surface area contributed by atoms with E-state index in [0.29, 0.717) is 11.7 Å². The highest BCUT2D eigenvalue weighted by Crippen LogP contribution is 2.35. The van der Waals surface area contributed by atoms with E-state index in [4.69, 9.17) is 18.9 Å². The summed E-state index contributed by atoms with van der Waals surface area (Å²) >= 11 is 1.35. The summed E-state index contributed by atoms with van der Waals surface area (Å²) in [6.07, 6.45) is -2.63. The minimum absolute atomic E-state index is 0.0448. The van der Waals surface area contributed by atoms with Crippen LogP contribution in [0.25, 0.3) is 0 Å². The lowest BCUT2D eigenvalue weighted by molar-refractivity contribution is -0.263. The van der Waals surface area contributed by atoms with Gasteiger partial charge < -0.3 is 24.1 Å². The van der Waals surface area contributed by atoms with Crippen LogP contribution in [0.4, 0.5) is 0 Å². The lowest BCUT2D eigenvalue weighted by atomic mass is 9.95. The molecule has 0 unspecified atom stereocenters. The van der Waals surface area contributed by atoms with Gasteiger partial charge in [-0.2, -0.15) is 0 Å². The monoisotopic (exact) mass is 521 g/mol. The van der Waals surface area contributed by atoms with E-state index >= 15 is 0 Å². The normalized spacial score (nSPS) is 25.2. The van der Waals surface area contributed by atoms with Crippen LogP contribution in [-0.4, -0.2) is 65.7 Å². The first-order valence-electron chi connectivity index (χ1n) is 11.9. The molecular formula is C28H27NO7S. The maximum Gasteiger partial charge on any atom is 0.262 e. The average molecular weight is 522 g/mol. The lowest BCUT2D eigenvalue weighted by Crippen LogP contribution is -2.67. The molecule has 2 amide bonds. The minimum atomic E-state index is -1.21. The van der Waals surface area contributed by atoms with E-state index in [2.05, 4.69) is 6.58 Å². The third-order valence-electron chi connectivity index (χ3n) is 6.29. The van der Waals surface area contributed by atoms with Gasteiger partial charge >= 0.3 is 0 Å². The largest absolute Gasteiger partial charge is 0.453 e. The summed E-state index contributed by atoms with van der Waals surface area (Å²) in [4.78, 5) is 27.9. The highest BCUT2D eigenvalue weighted by atomic mass is 32.1. The van der Waals surface area contributed by atoms with Gasteiger partial charge in [-0.25, -0.2) is 0 Å². The van der Waals surface area contributed by atoms with Gasteiger partial charge in [-0.15, -0.1) is 17.9 Å². The first-order chi connectivity index (χ1) is 18.1. The lowest BCUT2D eigenvalue weighted by Gasteiger charge is -2.46. The van der Waals surface area contributed by atoms with Crippen LogP contribution in [0.1, 0.15) is 26.3 Å². The summed E-state index contributed by atoms with van der Waals surface area (Å²) in [5.74, 6) is -0.987. The quantitative estimate of drug-likeness (QED) is 0.321. The fourth-order valence-electron chi connectivity index (χ4n) is 4.57. The number of benzene rings is 2. The zero-order valence-corrected chi connectivity index (χ0v) is 20.8. The van der Waals surface area contributed by atoms with Crippen LogP contribution in [0.3, 0.4) is 0 Å². The van der Waals surface area contributed by atoms with Crippen LogP contribution in [0.15, 0.2) is 84.8 Å². The maximum absolute atomic E-state index is 13.4. The Labute approximate surface area is 218 Å². The number of carbonyl (C=O) groups excluding carboxylic acids is 2. The van der Waals surface area contributed by atoms with Crippen molar-refractivity contribution in [2.75, 3.05) is 13.2 Å². The molecule has 37 heavy (non-hydrogen) atoms. The Kier molecular flexibility index (Phi) is 7.78. The zero-order valence-electron chi connectivity index (χ0n) is 20.0. The molecule has 1 aromatic heterocycles. The standard InChI is InChI=1S/C28H27NO7S/c1-2-14-34-25-23(29-26(31)19-11-6-7-12-20(19)27(29)32)28(36-22-13-8-15-37-22)35-21(24(25)30)17-33-16-18-9-4-3-5-10-18/h2-13,15,21,23-25,28,30H,1,14,16-17H2/t21-,23-,24-,25-,28+/m1/s1. The van der Waals surface area contributed by atoms with Gasteiger partial charge in [0.1, 0.15) is 24.4 Å². The number of thiophene rings is 1. The number of aliphatic hydroxyl groups excluding tert-OH is 1. The van der Waals surface area contributed by atoms with E-state index in [9.17, 15) is 14.7 Å². The number of hydrogen-bond donors (Lipinski definition) is 1. The molecule has 5 rings (SSSR count). The minimum Gasteiger partial charge on any atom is -0.453 e. The molecule has 192 valence electrons. The molecule has 1 N–H and O–H groups in total. The second kappa shape index (κ2) is 11.4. The van der Waals surface area contributed by atoms with Crippen molar-refractivity contribution in [2.45, 2.75) is 37.3 Å². The Morgan fingerprint density at radius 3 is 2.35 bits per heavy atom. The van der Waals surface area contributed by atoms with Crippen molar-refractivity contribution in [3.05, 3.63) is 101 Å². The van der Waals surface area contributed by atoms with Crippen molar-refractivity contribution < 1.29 is 33.6 Å². The summed E-state index contributed by atoms with van der Waals surface area (Å²) < 4.78 is 24.2. The van der Waals surface area contributed by atoms with Gasteiger partial charge in [0.15, 0.2) is 5.06 Å². The van der Waals surface area contributed by atoms with Crippen molar-refractivity contribution in [3.8, 4) is 5.06 Å². The number of aliphatic hydroxyl groups is 1. The van der Waals surface area contributed by atoms with Crippen LogP contribution in [-0.2, 0) is 20.8 Å². The summed E-state index contributed by atoms with van der Waals surface area (Å²) in [6.45, 7) is 4.15. The fraction of sp³-hybridized carbons (Fsp3) is 0.286. The highest BCUT2D eigenvalue weighted by Gasteiger charge is 2.55. The van der Waals surface area contributed by atoms with Gasteiger partial charge in [0.05, 0.1) is 30.9 Å². The molecule has 1 saturated heterocycles. The number of carbonyl (C=O) groups is 2. The number of nitrogens with zero attached hydrogens (tertiary/aromatic N) is 1. The van der Waals surface area contributed by atoms with E-state index in [1.165, 1.54) is 17.4 Å². The molecule has 2 aliphatic rings. The van der Waals surface area contributed by atoms with E-state index < -0.39 is 42.5 Å². The van der Waals surface area contributed by atoms with E-state index in [1.807, 2.05) is 41.8 Å². The Morgan fingerprint density at radius 1 is 1.00 bits per heavy atom. The summed E-state index contributed by atoms with van der Waals surface area (Å²) in [5, 5.41) is 13.7. The molecule has 8 nitrogen and oxygen atoms in total. The van der Waals surface area contributed by atoms with Crippen LogP contribution in [0, 0.1) is 0 Å². The molecule has 0 radical (unpaired) electrons. The molecular weight excluding hydrogens is 494 g/mol. The molecule has 2 aromatic carbocycles. The molecule has 2 aliphatic heterocycles. The Morgan fingerprint density at radius 2 is 1.70 bits per heavy atom. The molecule has 5 atom stereocenters. The summed E-state index contributed by atoms with van der Waals surface area (Å²) in [5.41, 5.74) is 1.54. The molecule has 3 heterocycles. The second-order valence-corrected chi connectivity index (χ2v) is 9.60. The molecule has 0 bridgehead atoms. The third-order valence-corrected chi connectivity index (χ3v) is 7.05. The van der Waals surface area contributed by atoms with Gasteiger partial charge in [0, 0.05) is 0 Å². The van der Waals surface area contributed by atoms with Crippen molar-refractivity contribution in [3.63, 3.8) is 0 Å². The molecule has 1 fully saturated rings. The maximum atomic E-state index is 13.4. The predicted octanol–water partition coefficient (Wildman–Crippen LogP) is 3.67. The first kappa shape index (κ1) is 25.3. The third kappa shape index (κ3) is 5.22. The van der Waals surface area contributed by atoms with Crippen LogP contribution in [0.2, 0.25) is 0 Å². The number of rotatable bonds is 10. The van der Waals surface area contributed by atoms with E-state index in [1.54, 1.807) is 30.3 Å². The van der Waals surface area contributed by atoms with E-state index in [0.717, 1.165) is 10.5 Å². The predicted molar refractivity (Wildman–Crippen MR) is 136 cm³/mol. The zero-order chi connectivity index (χ0) is 25.8. The second-order valence-electron chi connectivity index (χ2n) is 8.69. The summed E-state index contributed by atoms with van der Waals surface area (Å²) in [7, 11) is 0. The molecule has 0 aliphatic carbocycles. The fourth-order valence-corrected chi connectivity index (χ4v) is 5.17. The molecule has 3 aromatic rings. The Balaban J connectivity index is 1.44. The van der Waals surface area contributed by atoms with E-state index in [-0.39, 0.29) is 24.3 Å². The smallest absolute Gasteiger partial charge is 0.262 e. The van der Waals surface area contributed by atoms with Gasteiger partial charge in [0.25, 0.3) is 11.8 Å². The van der Waals surface area contributed by atoms with Crippen LogP contribution in [0.5, 0.6) is 5.06 Å². The number of hydrogen-bond acceptors (Lipinski definition) is 8. The Hall–Kier alpha value is -3.34. The Bertz CT molecular complexity index is 1200.